The molecule has 2 aliphatic rings. The van der Waals surface area contributed by atoms with Gasteiger partial charge in [0.2, 0.25) is 65.0 Å². The normalized spacial score (nSPS) is 27.1. The number of fused-ring (bicyclic) bond motifs is 1. The number of methoxy groups -OCH3 is 1. The Hall–Kier alpha value is -7.34. The second-order valence-corrected chi connectivity index (χ2v) is 24.0. The third-order valence-corrected chi connectivity index (χ3v) is 16.7. The molecule has 2 saturated heterocycles. The van der Waals surface area contributed by atoms with E-state index >= 15 is 0 Å². The number of piperidine rings is 1. The summed E-state index contributed by atoms with van der Waals surface area (Å²) in [6.07, 6.45) is 1.02. The van der Waals surface area contributed by atoms with E-state index in [1.54, 1.807) is 93.5 Å². The van der Waals surface area contributed by atoms with E-state index in [1.807, 2.05) is 0 Å². The molecule has 2 fully saturated rings. The van der Waals surface area contributed by atoms with Crippen LogP contribution in [0.4, 0.5) is 0 Å². The fourth-order valence-electron chi connectivity index (χ4n) is 11.2. The molecule has 25 nitrogen and oxygen atoms in total. The van der Waals surface area contributed by atoms with Gasteiger partial charge in [0, 0.05) is 48.2 Å². The number of carboxylic acid groups (broad SMARTS) is 1. The van der Waals surface area contributed by atoms with Crippen molar-refractivity contribution in [3.05, 3.63) is 29.8 Å². The standard InChI is InChI=1S/C60H97N11O14/c1-19-35(9)49-53(77)61-31-44(72)67(14)47(33(5)6)54(78)64-41(29-39-24-26-40(85-18)27-25-39)52(76)62-37(11)51(75)63-38(12)56(80)71-28-22-21-23-42(71)57(81)68(15)48(34(7)8)55(79)65-46(32(3)4)59(83)66(13)43(30-45(73)74)58(82)70(17)50(36(10)20-2)60(84)69(49)16/h24-27,32-38,41-43,46-50H,19-23,28-31H2,1-18H3,(H,61,77)(H,62,76)(H,63,75)(H,64,78)(H,65,79)(H,73,74)/t35-,36-,37+,38+,41-,42-,43-,46-,47-,48-,49-,50-/m0/s1. The molecule has 12 atom stereocenters. The lowest BCUT2D eigenvalue weighted by Gasteiger charge is -2.41. The van der Waals surface area contributed by atoms with E-state index < -0.39 is 174 Å². The third-order valence-electron chi connectivity index (χ3n) is 16.7. The van der Waals surface area contributed by atoms with Crippen molar-refractivity contribution in [2.24, 2.45) is 29.6 Å². The second-order valence-electron chi connectivity index (χ2n) is 24.0. The van der Waals surface area contributed by atoms with Gasteiger partial charge in [-0.2, -0.15) is 0 Å². The summed E-state index contributed by atoms with van der Waals surface area (Å²) in [7, 11) is 8.21. The number of nitrogens with zero attached hydrogens (tertiary/aromatic N) is 6. The largest absolute Gasteiger partial charge is 0.497 e. The zero-order valence-corrected chi connectivity index (χ0v) is 53.3. The van der Waals surface area contributed by atoms with Crippen LogP contribution in [0.3, 0.4) is 0 Å². The molecule has 0 aliphatic carbocycles. The molecule has 476 valence electrons. The smallest absolute Gasteiger partial charge is 0.305 e. The number of amides is 11. The number of carbonyl (C=O) groups is 12. The monoisotopic (exact) mass is 1200 g/mol. The first kappa shape index (κ1) is 71.9. The summed E-state index contributed by atoms with van der Waals surface area (Å²) in [6, 6.07) is -6.21. The highest BCUT2D eigenvalue weighted by molar-refractivity contribution is 6.00. The van der Waals surface area contributed by atoms with Crippen LogP contribution in [0.25, 0.3) is 0 Å². The van der Waals surface area contributed by atoms with Crippen LogP contribution in [-0.4, -0.2) is 221 Å². The summed E-state index contributed by atoms with van der Waals surface area (Å²) < 4.78 is 5.31. The van der Waals surface area contributed by atoms with E-state index in [1.165, 1.54) is 70.9 Å². The molecule has 1 aromatic rings. The highest BCUT2D eigenvalue weighted by atomic mass is 16.5. The number of likely N-dealkylation sites (N-methyl/N-ethyl adjacent to an activating group) is 5. The van der Waals surface area contributed by atoms with Crippen LogP contribution in [0.1, 0.15) is 127 Å². The van der Waals surface area contributed by atoms with Crippen LogP contribution in [0, 0.1) is 29.6 Å². The quantitative estimate of drug-likeness (QED) is 0.173. The summed E-state index contributed by atoms with van der Waals surface area (Å²) in [6.45, 7) is 19.4. The molecule has 11 amide bonds. The molecule has 25 heteroatoms. The predicted octanol–water partition coefficient (Wildman–Crippen LogP) is 1.40. The van der Waals surface area contributed by atoms with Gasteiger partial charge in [0.25, 0.3) is 0 Å². The molecule has 6 N–H and O–H groups in total. The molecule has 0 aromatic heterocycles. The van der Waals surface area contributed by atoms with Gasteiger partial charge >= 0.3 is 5.97 Å². The fourth-order valence-corrected chi connectivity index (χ4v) is 11.2. The van der Waals surface area contributed by atoms with Crippen molar-refractivity contribution in [3.63, 3.8) is 0 Å². The molecule has 1 aromatic carbocycles. The summed E-state index contributed by atoms with van der Waals surface area (Å²) in [4.78, 5) is 179. The minimum absolute atomic E-state index is 0.0804. The van der Waals surface area contributed by atoms with E-state index in [9.17, 15) is 62.6 Å². The maximum Gasteiger partial charge on any atom is 0.305 e. The van der Waals surface area contributed by atoms with Crippen LogP contribution in [0.15, 0.2) is 24.3 Å². The van der Waals surface area contributed by atoms with E-state index in [-0.39, 0.29) is 19.4 Å². The Balaban J connectivity index is 2.25. The minimum atomic E-state index is -1.71. The van der Waals surface area contributed by atoms with Crippen molar-refractivity contribution >= 4 is 70.9 Å². The van der Waals surface area contributed by atoms with E-state index in [0.717, 1.165) is 14.7 Å². The molecular weight excluding hydrogens is 1100 g/mol. The van der Waals surface area contributed by atoms with E-state index in [0.29, 0.717) is 37.0 Å². The minimum Gasteiger partial charge on any atom is -0.497 e. The highest BCUT2D eigenvalue weighted by Crippen LogP contribution is 2.26. The second kappa shape index (κ2) is 32.2. The van der Waals surface area contributed by atoms with E-state index in [4.69, 9.17) is 4.74 Å². The van der Waals surface area contributed by atoms with Crippen LogP contribution >= 0.6 is 0 Å². The van der Waals surface area contributed by atoms with Crippen LogP contribution in [0.5, 0.6) is 5.75 Å². The van der Waals surface area contributed by atoms with Crippen LogP contribution in [0.2, 0.25) is 0 Å². The molecule has 2 aliphatic heterocycles. The van der Waals surface area contributed by atoms with Gasteiger partial charge in [0.05, 0.1) is 20.1 Å². The first-order valence-electron chi connectivity index (χ1n) is 29.7. The Kier molecular flexibility index (Phi) is 27.3. The van der Waals surface area contributed by atoms with Crippen molar-refractivity contribution in [1.29, 1.82) is 0 Å². The molecule has 0 radical (unpaired) electrons. The highest BCUT2D eigenvalue weighted by Gasteiger charge is 2.46. The number of hydrogen-bond acceptors (Lipinski definition) is 13. The van der Waals surface area contributed by atoms with Crippen molar-refractivity contribution < 1.29 is 67.4 Å². The fraction of sp³-hybridized carbons (Fsp3) is 0.700. The van der Waals surface area contributed by atoms with Crippen LogP contribution < -0.4 is 31.3 Å². The van der Waals surface area contributed by atoms with Gasteiger partial charge in [0.1, 0.15) is 66.2 Å². The predicted molar refractivity (Wildman–Crippen MR) is 317 cm³/mol. The summed E-state index contributed by atoms with van der Waals surface area (Å²) in [5.41, 5.74) is 0.596. The Labute approximate surface area is 501 Å². The number of benzene rings is 1. The Morgan fingerprint density at radius 2 is 1.08 bits per heavy atom. The zero-order valence-electron chi connectivity index (χ0n) is 53.3. The van der Waals surface area contributed by atoms with Crippen LogP contribution in [-0.2, 0) is 64.0 Å². The van der Waals surface area contributed by atoms with Gasteiger partial charge < -0.3 is 65.8 Å². The van der Waals surface area contributed by atoms with Crippen molar-refractivity contribution in [3.8, 4) is 5.75 Å². The van der Waals surface area contributed by atoms with Gasteiger partial charge in [-0.05, 0) is 80.4 Å². The third kappa shape index (κ3) is 18.3. The van der Waals surface area contributed by atoms with E-state index in [2.05, 4.69) is 26.6 Å². The molecule has 0 unspecified atom stereocenters. The Morgan fingerprint density at radius 1 is 0.565 bits per heavy atom. The lowest BCUT2D eigenvalue weighted by atomic mass is 9.92. The maximum absolute atomic E-state index is 15.0. The Bertz CT molecular complexity index is 2560. The van der Waals surface area contributed by atoms with Gasteiger partial charge in [-0.3, -0.25) is 57.5 Å². The number of aliphatic carboxylic acids is 1. The number of carbonyl (C=O) groups excluding carboxylic acids is 11. The summed E-state index contributed by atoms with van der Waals surface area (Å²) >= 11 is 0. The van der Waals surface area contributed by atoms with Gasteiger partial charge in [-0.1, -0.05) is 94.2 Å². The number of carboxylic acids is 1. The average Bonchev–Trinajstić information content (AvgIpc) is 3.65. The summed E-state index contributed by atoms with van der Waals surface area (Å²) in [5.74, 6) is -11.9. The van der Waals surface area contributed by atoms with Gasteiger partial charge in [-0.15, -0.1) is 0 Å². The van der Waals surface area contributed by atoms with Gasteiger partial charge in [-0.25, -0.2) is 0 Å². The molecular formula is C60H97N11O14. The number of hydrogen-bond donors (Lipinski definition) is 6. The Morgan fingerprint density at radius 3 is 1.61 bits per heavy atom. The molecule has 0 bridgehead atoms. The zero-order chi connectivity index (χ0) is 64.6. The SMILES string of the molecule is CC[C@H](C)[C@H]1C(=O)NCC(=O)N(C)[C@@H](C(C)C)C(=O)N[C@@H](Cc2ccc(OC)cc2)C(=O)N[C@H](C)C(=O)N[C@H](C)C(=O)N2CCCC[C@H]2C(=O)N(C)[C@@H](C(C)C)C(=O)N[C@@H](C(C)C)C(=O)N(C)[C@@H](CC(=O)O)C(=O)N(C)[C@@H]([C@@H](C)CC)C(=O)N1C. The molecule has 2 heterocycles. The first-order valence-corrected chi connectivity index (χ1v) is 29.7. The van der Waals surface area contributed by atoms with Crippen molar-refractivity contribution in [2.45, 2.75) is 188 Å². The number of rotatable bonds is 12. The topological polar surface area (TPSA) is 314 Å². The number of ether oxygens (including phenoxy) is 1. The summed E-state index contributed by atoms with van der Waals surface area (Å²) in [5, 5.41) is 23.7. The first-order chi connectivity index (χ1) is 39.7. The maximum atomic E-state index is 15.0. The molecule has 85 heavy (non-hydrogen) atoms. The van der Waals surface area contributed by atoms with Gasteiger partial charge in [0.15, 0.2) is 0 Å². The average molecular weight is 1200 g/mol. The van der Waals surface area contributed by atoms with Crippen molar-refractivity contribution in [2.75, 3.05) is 55.4 Å². The lowest BCUT2D eigenvalue weighted by Crippen LogP contribution is -2.63. The number of nitrogens with one attached hydrogen (secondary N) is 5. The lowest BCUT2D eigenvalue weighted by molar-refractivity contribution is -0.157. The molecule has 0 spiro atoms. The molecule has 0 saturated carbocycles. The molecule has 3 rings (SSSR count). The van der Waals surface area contributed by atoms with Crippen molar-refractivity contribution in [1.82, 2.24) is 56.0 Å².